The number of nitrogens with zero attached hydrogens (tertiary/aromatic N) is 3. The molecule has 5 atom stereocenters. The highest BCUT2D eigenvalue weighted by atomic mass is 32.2. The summed E-state index contributed by atoms with van der Waals surface area (Å²) >= 11 is 0. The minimum atomic E-state index is -3.94. The maximum absolute atomic E-state index is 14.6. The summed E-state index contributed by atoms with van der Waals surface area (Å²) in [6, 6.07) is 14.4. The second-order valence-electron chi connectivity index (χ2n) is 15.6. The Kier molecular flexibility index (Phi) is 9.60. The molecule has 4 aliphatic rings. The SMILES string of the molecule is Cc1cccc2c1nc(O[C@@H]1C[C@H]3C(=O)N[C@]4(C(=O)NS(=O)(=O)C5(C)CC5)C[C@H]4/C=C\CCCCC[C@H](Nc4ccccc4)C(=O)N3C1)n2C(C)C. The third-order valence-corrected chi connectivity index (χ3v) is 13.4. The number of benzene rings is 2. The lowest BCUT2D eigenvalue weighted by atomic mass is 10.0. The van der Waals surface area contributed by atoms with Crippen molar-refractivity contribution in [3.8, 4) is 6.01 Å². The van der Waals surface area contributed by atoms with Crippen LogP contribution in [0.2, 0.25) is 0 Å². The highest BCUT2D eigenvalue weighted by Crippen LogP contribution is 2.47. The molecule has 7 rings (SSSR count). The van der Waals surface area contributed by atoms with Crippen molar-refractivity contribution in [2.45, 2.75) is 120 Å². The third-order valence-electron chi connectivity index (χ3n) is 11.3. The van der Waals surface area contributed by atoms with Crippen molar-refractivity contribution < 1.29 is 27.5 Å². The fourth-order valence-electron chi connectivity index (χ4n) is 7.65. The largest absolute Gasteiger partial charge is 0.459 e. The average molecular weight is 731 g/mol. The summed E-state index contributed by atoms with van der Waals surface area (Å²) in [5, 5.41) is 6.40. The van der Waals surface area contributed by atoms with Gasteiger partial charge in [0.1, 0.15) is 23.7 Å². The molecule has 3 fully saturated rings. The Bertz CT molecular complexity index is 1990. The highest BCUT2D eigenvalue weighted by Gasteiger charge is 2.63. The Hall–Kier alpha value is -4.39. The fraction of sp³-hybridized carbons (Fsp3) is 0.538. The number of sulfonamides is 1. The van der Waals surface area contributed by atoms with Gasteiger partial charge in [-0.05, 0) is 90.0 Å². The predicted molar refractivity (Wildman–Crippen MR) is 199 cm³/mol. The molecule has 52 heavy (non-hydrogen) atoms. The van der Waals surface area contributed by atoms with Crippen molar-refractivity contribution in [1.82, 2.24) is 24.5 Å². The molecule has 3 amide bonds. The van der Waals surface area contributed by atoms with E-state index in [4.69, 9.17) is 9.72 Å². The minimum absolute atomic E-state index is 0.0328. The van der Waals surface area contributed by atoms with Crippen LogP contribution in [-0.4, -0.2) is 75.6 Å². The lowest BCUT2D eigenvalue weighted by Crippen LogP contribution is -2.58. The zero-order chi connectivity index (χ0) is 36.8. The number of hydrogen-bond acceptors (Lipinski definition) is 8. The number of rotatable bonds is 8. The molecule has 3 aromatic rings. The zero-order valence-electron chi connectivity index (χ0n) is 30.4. The molecule has 2 aromatic carbocycles. The number of anilines is 1. The maximum Gasteiger partial charge on any atom is 0.297 e. The van der Waals surface area contributed by atoms with E-state index in [-0.39, 0.29) is 37.3 Å². The van der Waals surface area contributed by atoms with Crippen LogP contribution in [0.1, 0.15) is 90.2 Å². The van der Waals surface area contributed by atoms with E-state index in [9.17, 15) is 22.8 Å². The molecule has 3 N–H and O–H groups in total. The summed E-state index contributed by atoms with van der Waals surface area (Å²) in [6.45, 7) is 7.87. The lowest BCUT2D eigenvalue weighted by molar-refractivity contribution is -0.140. The molecule has 0 unspecified atom stereocenters. The van der Waals surface area contributed by atoms with Crippen LogP contribution in [0.25, 0.3) is 11.0 Å². The van der Waals surface area contributed by atoms with E-state index in [0.717, 1.165) is 48.0 Å². The van der Waals surface area contributed by atoms with E-state index >= 15 is 0 Å². The van der Waals surface area contributed by atoms with Gasteiger partial charge >= 0.3 is 0 Å². The third kappa shape index (κ3) is 6.91. The number of aryl methyl sites for hydroxylation is 1. The zero-order valence-corrected chi connectivity index (χ0v) is 31.2. The van der Waals surface area contributed by atoms with Crippen molar-refractivity contribution in [3.63, 3.8) is 0 Å². The second kappa shape index (κ2) is 13.9. The van der Waals surface area contributed by atoms with Crippen molar-refractivity contribution in [1.29, 1.82) is 0 Å². The van der Waals surface area contributed by atoms with E-state index in [1.807, 2.05) is 72.2 Å². The van der Waals surface area contributed by atoms with E-state index in [2.05, 4.69) is 29.2 Å². The maximum atomic E-state index is 14.6. The van der Waals surface area contributed by atoms with E-state index in [1.54, 1.807) is 11.8 Å². The van der Waals surface area contributed by atoms with E-state index in [1.165, 1.54) is 0 Å². The van der Waals surface area contributed by atoms with Crippen molar-refractivity contribution in [2.24, 2.45) is 5.92 Å². The van der Waals surface area contributed by atoms with Gasteiger partial charge < -0.3 is 20.3 Å². The Labute approximate surface area is 305 Å². The first-order valence-electron chi connectivity index (χ1n) is 18.6. The van der Waals surface area contributed by atoms with Gasteiger partial charge in [0, 0.05) is 24.1 Å². The summed E-state index contributed by atoms with van der Waals surface area (Å²) in [4.78, 5) is 49.4. The van der Waals surface area contributed by atoms with Gasteiger partial charge in [-0.3, -0.25) is 23.7 Å². The van der Waals surface area contributed by atoms with Crippen molar-refractivity contribution >= 4 is 44.5 Å². The lowest BCUT2D eigenvalue weighted by Gasteiger charge is -2.30. The number of allylic oxidation sites excluding steroid dienone is 1. The average Bonchev–Trinajstić information content (AvgIpc) is 3.92. The first kappa shape index (κ1) is 36.0. The summed E-state index contributed by atoms with van der Waals surface area (Å²) in [7, 11) is -3.94. The summed E-state index contributed by atoms with van der Waals surface area (Å²) in [5.74, 6) is -1.85. The Morgan fingerprint density at radius 2 is 1.83 bits per heavy atom. The molecule has 278 valence electrons. The van der Waals surface area contributed by atoms with Crippen LogP contribution in [0.3, 0.4) is 0 Å². The monoisotopic (exact) mass is 730 g/mol. The fourth-order valence-corrected chi connectivity index (χ4v) is 8.96. The van der Waals surface area contributed by atoms with Crippen LogP contribution in [0, 0.1) is 12.8 Å². The van der Waals surface area contributed by atoms with Crippen molar-refractivity contribution in [2.75, 3.05) is 11.9 Å². The highest BCUT2D eigenvalue weighted by molar-refractivity contribution is 7.91. The Balaban J connectivity index is 1.21. The Morgan fingerprint density at radius 1 is 1.06 bits per heavy atom. The van der Waals surface area contributed by atoms with Gasteiger partial charge in [0.05, 0.1) is 22.3 Å². The molecule has 0 radical (unpaired) electrons. The van der Waals surface area contributed by atoms with Crippen LogP contribution in [0.4, 0.5) is 5.69 Å². The number of carbonyl (C=O) groups is 3. The summed E-state index contributed by atoms with van der Waals surface area (Å²) in [5.41, 5.74) is 2.15. The van der Waals surface area contributed by atoms with Crippen LogP contribution in [-0.2, 0) is 24.4 Å². The summed E-state index contributed by atoms with van der Waals surface area (Å²) < 4.78 is 36.3. The molecule has 3 heterocycles. The number of para-hydroxylation sites is 2. The number of carbonyl (C=O) groups excluding carboxylic acids is 3. The van der Waals surface area contributed by atoms with E-state index < -0.39 is 50.3 Å². The predicted octanol–water partition coefficient (Wildman–Crippen LogP) is 5.15. The molecular formula is C39H50N6O6S. The number of amides is 3. The molecule has 0 spiro atoms. The number of aromatic nitrogens is 2. The molecule has 13 heteroatoms. The van der Waals surface area contributed by atoms with Crippen LogP contribution >= 0.6 is 0 Å². The van der Waals surface area contributed by atoms with Gasteiger partial charge in [0.25, 0.3) is 11.9 Å². The van der Waals surface area contributed by atoms with E-state index in [0.29, 0.717) is 25.3 Å². The van der Waals surface area contributed by atoms with Crippen molar-refractivity contribution in [3.05, 3.63) is 66.2 Å². The minimum Gasteiger partial charge on any atom is -0.459 e. The van der Waals surface area contributed by atoms with Gasteiger partial charge in [-0.25, -0.2) is 8.42 Å². The molecule has 0 bridgehead atoms. The standard InChI is InChI=1S/C39H50N6O6S/c1-25(2)45-31-19-13-14-26(3)33(31)41-37(45)51-29-22-32-34(46)42-39(36(48)43-52(49,50)38(4)20-21-38)23-27(39)15-9-6-5-7-12-18-30(35(47)44(32)24-29)40-28-16-10-8-11-17-28/h8-11,13-17,19,25,27,29-30,32,40H,5-7,12,18,20-24H2,1-4H3,(H,42,46)(H,43,48)/b15-9-/t27-,29-,30+,32+,39-/m1/s1. The smallest absolute Gasteiger partial charge is 0.297 e. The topological polar surface area (TPSA) is 152 Å². The summed E-state index contributed by atoms with van der Waals surface area (Å²) in [6.07, 6.45) is 8.70. The number of hydrogen-bond donors (Lipinski definition) is 3. The first-order valence-corrected chi connectivity index (χ1v) is 20.1. The van der Waals surface area contributed by atoms with Crippen LogP contribution in [0.15, 0.2) is 60.7 Å². The molecular weight excluding hydrogens is 681 g/mol. The quantitative estimate of drug-likeness (QED) is 0.270. The van der Waals surface area contributed by atoms with Gasteiger partial charge in [-0.15, -0.1) is 0 Å². The van der Waals surface area contributed by atoms with Gasteiger partial charge in [0.2, 0.25) is 21.8 Å². The molecule has 2 saturated carbocycles. The van der Waals surface area contributed by atoms with Gasteiger partial charge in [0.15, 0.2) is 0 Å². The number of imidazole rings is 1. The van der Waals surface area contributed by atoms with Gasteiger partial charge in [-0.1, -0.05) is 55.3 Å². The number of fused-ring (bicyclic) bond motifs is 3. The van der Waals surface area contributed by atoms with Gasteiger partial charge in [-0.2, -0.15) is 4.98 Å². The first-order chi connectivity index (χ1) is 24.8. The molecule has 2 aliphatic carbocycles. The number of ether oxygens (including phenoxy) is 1. The van der Waals surface area contributed by atoms with Crippen LogP contribution < -0.4 is 20.1 Å². The normalized spacial score (nSPS) is 28.2. The number of nitrogens with one attached hydrogen (secondary N) is 3. The molecule has 1 aromatic heterocycles. The van der Waals surface area contributed by atoms with Crippen LogP contribution in [0.5, 0.6) is 6.01 Å². The molecule has 2 aliphatic heterocycles. The molecule has 1 saturated heterocycles. The second-order valence-corrected chi connectivity index (χ2v) is 17.8. The Morgan fingerprint density at radius 3 is 2.56 bits per heavy atom. The molecule has 12 nitrogen and oxygen atoms in total.